The summed E-state index contributed by atoms with van der Waals surface area (Å²) in [7, 11) is 1.37. The molecule has 1 aromatic heterocycles. The predicted molar refractivity (Wildman–Crippen MR) is 63.7 cm³/mol. The lowest BCUT2D eigenvalue weighted by Crippen LogP contribution is -2.16. The van der Waals surface area contributed by atoms with Gasteiger partial charge >= 0.3 is 5.97 Å². The molecule has 0 unspecified atom stereocenters. The Bertz CT molecular complexity index is 389. The maximum Gasteiger partial charge on any atom is 0.325 e. The minimum absolute atomic E-state index is 0.137. The number of nitrogens with one attached hydrogen (secondary N) is 1. The van der Waals surface area contributed by atoms with Gasteiger partial charge in [-0.3, -0.25) is 4.79 Å². The fourth-order valence-electron chi connectivity index (χ4n) is 2.15. The fourth-order valence-corrected chi connectivity index (χ4v) is 2.15. The molecule has 0 radical (unpaired) electrons. The van der Waals surface area contributed by atoms with E-state index >= 15 is 0 Å². The van der Waals surface area contributed by atoms with Crippen LogP contribution < -0.4 is 5.32 Å². The average molecular weight is 235 g/mol. The van der Waals surface area contributed by atoms with Crippen molar-refractivity contribution < 1.29 is 9.53 Å². The highest BCUT2D eigenvalue weighted by molar-refractivity contribution is 5.74. The van der Waals surface area contributed by atoms with Gasteiger partial charge in [0.2, 0.25) is 0 Å². The van der Waals surface area contributed by atoms with Gasteiger partial charge in [0.15, 0.2) is 0 Å². The number of aromatic nitrogens is 2. The molecule has 2 rings (SSSR count). The van der Waals surface area contributed by atoms with Crippen LogP contribution in [0.1, 0.15) is 37.3 Å². The summed E-state index contributed by atoms with van der Waals surface area (Å²) in [6.07, 6.45) is 6.51. The van der Waals surface area contributed by atoms with Gasteiger partial charge in [0, 0.05) is 17.7 Å². The summed E-state index contributed by atoms with van der Waals surface area (Å²) in [6.45, 7) is 0.137. The van der Waals surface area contributed by atoms with E-state index in [4.69, 9.17) is 0 Å². The first-order chi connectivity index (χ1) is 8.29. The van der Waals surface area contributed by atoms with E-state index in [1.54, 1.807) is 6.33 Å². The Balaban J connectivity index is 1.98. The highest BCUT2D eigenvalue weighted by Gasteiger charge is 2.18. The molecule has 0 spiro atoms. The summed E-state index contributed by atoms with van der Waals surface area (Å²) in [6, 6.07) is 1.93. The van der Waals surface area contributed by atoms with Crippen molar-refractivity contribution in [3.63, 3.8) is 0 Å². The van der Waals surface area contributed by atoms with Crippen molar-refractivity contribution in [2.45, 2.75) is 31.6 Å². The van der Waals surface area contributed by atoms with Crippen LogP contribution in [0.2, 0.25) is 0 Å². The Morgan fingerprint density at radius 3 is 2.94 bits per heavy atom. The van der Waals surface area contributed by atoms with Crippen LogP contribution in [0.5, 0.6) is 0 Å². The molecule has 1 N–H and O–H groups in total. The largest absolute Gasteiger partial charge is 0.468 e. The van der Waals surface area contributed by atoms with Gasteiger partial charge in [-0.05, 0) is 12.8 Å². The first-order valence-corrected chi connectivity index (χ1v) is 5.92. The lowest BCUT2D eigenvalue weighted by molar-refractivity contribution is -0.138. The van der Waals surface area contributed by atoms with Crippen molar-refractivity contribution in [2.24, 2.45) is 0 Å². The molecule has 0 saturated heterocycles. The Morgan fingerprint density at radius 1 is 1.47 bits per heavy atom. The molecule has 1 aromatic rings. The molecule has 0 bridgehead atoms. The van der Waals surface area contributed by atoms with Crippen molar-refractivity contribution in [2.75, 3.05) is 19.0 Å². The van der Waals surface area contributed by atoms with E-state index in [1.165, 1.54) is 32.8 Å². The number of ether oxygens (including phenoxy) is 1. The molecule has 1 saturated carbocycles. The highest BCUT2D eigenvalue weighted by atomic mass is 16.5. The Kier molecular flexibility index (Phi) is 3.90. The van der Waals surface area contributed by atoms with E-state index in [9.17, 15) is 4.79 Å². The summed E-state index contributed by atoms with van der Waals surface area (Å²) < 4.78 is 4.56. The number of rotatable bonds is 4. The molecule has 1 fully saturated rings. The second kappa shape index (κ2) is 5.61. The summed E-state index contributed by atoms with van der Waals surface area (Å²) >= 11 is 0. The van der Waals surface area contributed by atoms with Crippen LogP contribution >= 0.6 is 0 Å². The van der Waals surface area contributed by atoms with Crippen LogP contribution in [-0.4, -0.2) is 29.6 Å². The van der Waals surface area contributed by atoms with Crippen LogP contribution in [0, 0.1) is 0 Å². The Labute approximate surface area is 101 Å². The van der Waals surface area contributed by atoms with Crippen LogP contribution in [0.25, 0.3) is 0 Å². The first kappa shape index (κ1) is 11.8. The van der Waals surface area contributed by atoms with E-state index in [0.29, 0.717) is 11.7 Å². The molecule has 92 valence electrons. The zero-order valence-corrected chi connectivity index (χ0v) is 9.98. The second-order valence-electron chi connectivity index (χ2n) is 4.24. The third kappa shape index (κ3) is 3.15. The monoisotopic (exact) mass is 235 g/mol. The topological polar surface area (TPSA) is 64.1 Å². The summed E-state index contributed by atoms with van der Waals surface area (Å²) in [4.78, 5) is 19.4. The average Bonchev–Trinajstić information content (AvgIpc) is 2.90. The first-order valence-electron chi connectivity index (χ1n) is 5.92. The van der Waals surface area contributed by atoms with E-state index in [2.05, 4.69) is 20.0 Å². The summed E-state index contributed by atoms with van der Waals surface area (Å²) in [5.74, 6) is 0.940. The third-order valence-corrected chi connectivity index (χ3v) is 3.10. The molecule has 0 amide bonds. The standard InChI is InChI=1S/C12H17N3O2/c1-17-12(16)7-13-11-6-10(14-8-15-11)9-4-2-3-5-9/h6,8-9H,2-5,7H2,1H3,(H,13,14,15). The number of anilines is 1. The van der Waals surface area contributed by atoms with Gasteiger partial charge in [-0.1, -0.05) is 12.8 Å². The molecular weight excluding hydrogens is 218 g/mol. The molecule has 0 aromatic carbocycles. The van der Waals surface area contributed by atoms with Crippen molar-refractivity contribution >= 4 is 11.8 Å². The van der Waals surface area contributed by atoms with E-state index < -0.39 is 0 Å². The molecule has 5 nitrogen and oxygen atoms in total. The van der Waals surface area contributed by atoms with Gasteiger partial charge < -0.3 is 10.1 Å². The van der Waals surface area contributed by atoms with Gasteiger partial charge in [0.1, 0.15) is 18.7 Å². The van der Waals surface area contributed by atoms with Gasteiger partial charge in [-0.25, -0.2) is 9.97 Å². The summed E-state index contributed by atoms with van der Waals surface area (Å²) in [5, 5.41) is 2.93. The van der Waals surface area contributed by atoms with E-state index in [0.717, 1.165) is 5.69 Å². The van der Waals surface area contributed by atoms with Gasteiger partial charge in [-0.2, -0.15) is 0 Å². The molecule has 1 heterocycles. The van der Waals surface area contributed by atoms with E-state index in [1.807, 2.05) is 6.07 Å². The minimum Gasteiger partial charge on any atom is -0.468 e. The van der Waals surface area contributed by atoms with Gasteiger partial charge in [0.05, 0.1) is 7.11 Å². The lowest BCUT2D eigenvalue weighted by atomic mass is 10.0. The number of methoxy groups -OCH3 is 1. The molecule has 1 aliphatic carbocycles. The van der Waals surface area contributed by atoms with Crippen LogP contribution in [0.15, 0.2) is 12.4 Å². The molecule has 0 aliphatic heterocycles. The maximum atomic E-state index is 11.0. The van der Waals surface area contributed by atoms with Crippen LogP contribution in [0.3, 0.4) is 0 Å². The number of hydrogen-bond acceptors (Lipinski definition) is 5. The Morgan fingerprint density at radius 2 is 2.24 bits per heavy atom. The smallest absolute Gasteiger partial charge is 0.325 e. The zero-order valence-electron chi connectivity index (χ0n) is 9.98. The highest BCUT2D eigenvalue weighted by Crippen LogP contribution is 2.33. The number of carbonyl (C=O) groups is 1. The number of carbonyl (C=O) groups excluding carboxylic acids is 1. The van der Waals surface area contributed by atoms with Gasteiger partial charge in [0.25, 0.3) is 0 Å². The van der Waals surface area contributed by atoms with Crippen LogP contribution in [-0.2, 0) is 9.53 Å². The van der Waals surface area contributed by atoms with Crippen LogP contribution in [0.4, 0.5) is 5.82 Å². The SMILES string of the molecule is COC(=O)CNc1cc(C2CCCC2)ncn1. The third-order valence-electron chi connectivity index (χ3n) is 3.10. The minimum atomic E-state index is -0.300. The fraction of sp³-hybridized carbons (Fsp3) is 0.583. The predicted octanol–water partition coefficient (Wildman–Crippen LogP) is 1.72. The lowest BCUT2D eigenvalue weighted by Gasteiger charge is -2.10. The molecule has 1 aliphatic rings. The molecule has 0 atom stereocenters. The normalized spacial score (nSPS) is 15.8. The van der Waals surface area contributed by atoms with E-state index in [-0.39, 0.29) is 12.5 Å². The quantitative estimate of drug-likeness (QED) is 0.805. The summed E-state index contributed by atoms with van der Waals surface area (Å²) in [5.41, 5.74) is 1.07. The molecule has 17 heavy (non-hydrogen) atoms. The van der Waals surface area contributed by atoms with Gasteiger partial charge in [-0.15, -0.1) is 0 Å². The Hall–Kier alpha value is -1.65. The molecule has 5 heteroatoms. The number of nitrogens with zero attached hydrogens (tertiary/aromatic N) is 2. The number of esters is 1. The van der Waals surface area contributed by atoms with Crippen molar-refractivity contribution in [3.8, 4) is 0 Å². The van der Waals surface area contributed by atoms with Crippen molar-refractivity contribution in [1.29, 1.82) is 0 Å². The second-order valence-corrected chi connectivity index (χ2v) is 4.24. The molecular formula is C12H17N3O2. The van der Waals surface area contributed by atoms with Crippen molar-refractivity contribution in [3.05, 3.63) is 18.1 Å². The number of hydrogen-bond donors (Lipinski definition) is 1. The van der Waals surface area contributed by atoms with Crippen molar-refractivity contribution in [1.82, 2.24) is 9.97 Å². The zero-order chi connectivity index (χ0) is 12.1. The maximum absolute atomic E-state index is 11.0.